The van der Waals surface area contributed by atoms with Crippen LogP contribution in [0.3, 0.4) is 0 Å². The van der Waals surface area contributed by atoms with Gasteiger partial charge in [-0.2, -0.15) is 0 Å². The molecule has 0 radical (unpaired) electrons. The van der Waals surface area contributed by atoms with Gasteiger partial charge >= 0.3 is 0 Å². The number of halogens is 2. The lowest BCUT2D eigenvalue weighted by molar-refractivity contribution is 0.191. The highest BCUT2D eigenvalue weighted by molar-refractivity contribution is 6.33. The molecule has 7 heteroatoms. The van der Waals surface area contributed by atoms with E-state index in [0.717, 1.165) is 6.42 Å². The van der Waals surface area contributed by atoms with E-state index in [9.17, 15) is 4.39 Å². The van der Waals surface area contributed by atoms with Gasteiger partial charge in [-0.1, -0.05) is 11.6 Å². The molecule has 0 aliphatic heterocycles. The van der Waals surface area contributed by atoms with E-state index in [1.165, 1.54) is 6.07 Å². The molecule has 0 heterocycles. The summed E-state index contributed by atoms with van der Waals surface area (Å²) >= 11 is 5.86. The Balaban J connectivity index is 3.02. The number of nitrogen functional groups attached to an aromatic ring is 2. The van der Waals surface area contributed by atoms with Crippen molar-refractivity contribution in [3.05, 3.63) is 16.9 Å². The van der Waals surface area contributed by atoms with Gasteiger partial charge in [-0.3, -0.25) is 0 Å². The number of hydrogen-bond donors (Lipinski definition) is 2. The number of nitrogens with two attached hydrogens (primary N) is 2. The van der Waals surface area contributed by atoms with Crippen molar-refractivity contribution in [1.82, 2.24) is 0 Å². The van der Waals surface area contributed by atoms with E-state index in [2.05, 4.69) is 0 Å². The molecule has 20 heavy (non-hydrogen) atoms. The summed E-state index contributed by atoms with van der Waals surface area (Å²) in [5.74, 6) is -0.599. The predicted molar refractivity (Wildman–Crippen MR) is 80.8 cm³/mol. The quantitative estimate of drug-likeness (QED) is 0.568. The van der Waals surface area contributed by atoms with E-state index in [1.54, 1.807) is 19.1 Å². The average molecular weight is 306 g/mol. The molecular formula is C13H21ClFN3O2. The monoisotopic (exact) mass is 305 g/mol. The molecule has 5 nitrogen and oxygen atoms in total. The Bertz CT molecular complexity index is 446. The minimum absolute atomic E-state index is 0.108. The summed E-state index contributed by atoms with van der Waals surface area (Å²) in [6.45, 7) is 2.11. The minimum atomic E-state index is -0.599. The molecular weight excluding hydrogens is 285 g/mol. The first-order chi connectivity index (χ1) is 9.52. The second-order valence-corrected chi connectivity index (χ2v) is 4.74. The molecule has 0 spiro atoms. The molecule has 0 amide bonds. The van der Waals surface area contributed by atoms with Gasteiger partial charge in [0.2, 0.25) is 0 Å². The van der Waals surface area contributed by atoms with Crippen molar-refractivity contribution in [2.75, 3.05) is 56.9 Å². The standard InChI is InChI=1S/C13H21ClFN3O2/c1-19-6-3-4-18(5-7-20-2)13-10(17)8-9(16)11(14)12(13)15/h8H,3-7,16-17H2,1-2H3. The van der Waals surface area contributed by atoms with Gasteiger partial charge in [0.15, 0.2) is 5.82 Å². The van der Waals surface area contributed by atoms with Crippen molar-refractivity contribution in [3.63, 3.8) is 0 Å². The second-order valence-electron chi connectivity index (χ2n) is 4.36. The smallest absolute Gasteiger partial charge is 0.169 e. The molecule has 0 aliphatic carbocycles. The molecule has 1 aromatic carbocycles. The lowest BCUT2D eigenvalue weighted by Gasteiger charge is -2.27. The highest BCUT2D eigenvalue weighted by Gasteiger charge is 2.19. The highest BCUT2D eigenvalue weighted by Crippen LogP contribution is 2.36. The summed E-state index contributed by atoms with van der Waals surface area (Å²) in [5, 5.41) is -0.108. The van der Waals surface area contributed by atoms with Gasteiger partial charge in [0.25, 0.3) is 0 Å². The summed E-state index contributed by atoms with van der Waals surface area (Å²) in [6.07, 6.45) is 0.737. The molecule has 0 aromatic heterocycles. The molecule has 0 fully saturated rings. The Hall–Kier alpha value is -1.24. The van der Waals surface area contributed by atoms with E-state index < -0.39 is 5.82 Å². The Kier molecular flexibility index (Phi) is 6.84. The topological polar surface area (TPSA) is 73.7 Å². The first-order valence-electron chi connectivity index (χ1n) is 6.28. The van der Waals surface area contributed by atoms with Crippen LogP contribution in [0.4, 0.5) is 21.5 Å². The van der Waals surface area contributed by atoms with Crippen LogP contribution in [0.5, 0.6) is 0 Å². The van der Waals surface area contributed by atoms with Crippen molar-refractivity contribution in [1.29, 1.82) is 0 Å². The van der Waals surface area contributed by atoms with Crippen LogP contribution in [0.1, 0.15) is 6.42 Å². The molecule has 0 saturated heterocycles. The zero-order valence-corrected chi connectivity index (χ0v) is 12.5. The van der Waals surface area contributed by atoms with Gasteiger partial charge in [0.05, 0.1) is 23.7 Å². The molecule has 114 valence electrons. The lowest BCUT2D eigenvalue weighted by atomic mass is 10.2. The van der Waals surface area contributed by atoms with Crippen LogP contribution in [0.25, 0.3) is 0 Å². The second kappa shape index (κ2) is 8.14. The van der Waals surface area contributed by atoms with Crippen molar-refractivity contribution >= 4 is 28.7 Å². The SMILES string of the molecule is COCCCN(CCOC)c1c(N)cc(N)c(Cl)c1F. The first-order valence-corrected chi connectivity index (χ1v) is 6.66. The fourth-order valence-corrected chi connectivity index (χ4v) is 2.06. The van der Waals surface area contributed by atoms with Gasteiger partial charge in [-0.15, -0.1) is 0 Å². The van der Waals surface area contributed by atoms with Crippen molar-refractivity contribution in [2.24, 2.45) is 0 Å². The summed E-state index contributed by atoms with van der Waals surface area (Å²) < 4.78 is 24.4. The van der Waals surface area contributed by atoms with Gasteiger partial charge in [-0.25, -0.2) is 4.39 Å². The van der Waals surface area contributed by atoms with Crippen molar-refractivity contribution in [2.45, 2.75) is 6.42 Å². The number of benzene rings is 1. The fraction of sp³-hybridized carbons (Fsp3) is 0.538. The molecule has 1 aromatic rings. The maximum atomic E-state index is 14.3. The lowest BCUT2D eigenvalue weighted by Crippen LogP contribution is -2.30. The maximum Gasteiger partial charge on any atom is 0.169 e. The Morgan fingerprint density at radius 3 is 2.40 bits per heavy atom. The summed E-state index contributed by atoms with van der Waals surface area (Å²) in [7, 11) is 3.21. The maximum absolute atomic E-state index is 14.3. The molecule has 4 N–H and O–H groups in total. The molecule has 1 rings (SSSR count). The summed E-state index contributed by atoms with van der Waals surface area (Å²) in [6, 6.07) is 1.47. The van der Waals surface area contributed by atoms with Gasteiger partial charge in [0.1, 0.15) is 5.02 Å². The normalized spacial score (nSPS) is 10.8. The molecule has 0 saturated carbocycles. The zero-order chi connectivity index (χ0) is 15.1. The zero-order valence-electron chi connectivity index (χ0n) is 11.8. The predicted octanol–water partition coefficient (Wildman–Crippen LogP) is 2.13. The highest BCUT2D eigenvalue weighted by atomic mass is 35.5. The van der Waals surface area contributed by atoms with E-state index in [-0.39, 0.29) is 22.1 Å². The number of methoxy groups -OCH3 is 2. The van der Waals surface area contributed by atoms with Crippen LogP contribution in [0.15, 0.2) is 6.07 Å². The van der Waals surface area contributed by atoms with Crippen LogP contribution in [-0.2, 0) is 9.47 Å². The minimum Gasteiger partial charge on any atom is -0.397 e. The average Bonchev–Trinajstić information content (AvgIpc) is 2.42. The van der Waals surface area contributed by atoms with Crippen molar-refractivity contribution in [3.8, 4) is 0 Å². The summed E-state index contributed by atoms with van der Waals surface area (Å²) in [5.41, 5.74) is 12.1. The van der Waals surface area contributed by atoms with Crippen LogP contribution in [0, 0.1) is 5.82 Å². The van der Waals surface area contributed by atoms with E-state index in [4.69, 9.17) is 32.5 Å². The fourth-order valence-electron chi connectivity index (χ4n) is 1.91. The number of rotatable bonds is 8. The molecule has 0 bridgehead atoms. The van der Waals surface area contributed by atoms with Crippen LogP contribution in [0.2, 0.25) is 5.02 Å². The Labute approximate surface area is 123 Å². The molecule has 0 aliphatic rings. The van der Waals surface area contributed by atoms with Crippen LogP contribution >= 0.6 is 11.6 Å². The van der Waals surface area contributed by atoms with Crippen molar-refractivity contribution < 1.29 is 13.9 Å². The van der Waals surface area contributed by atoms with E-state index >= 15 is 0 Å². The molecule has 0 atom stereocenters. The van der Waals surface area contributed by atoms with E-state index in [0.29, 0.717) is 26.3 Å². The van der Waals surface area contributed by atoms with Crippen LogP contribution in [-0.4, -0.2) is 40.5 Å². The van der Waals surface area contributed by atoms with Gasteiger partial charge < -0.3 is 25.8 Å². The first kappa shape index (κ1) is 16.8. The third-order valence-electron chi connectivity index (χ3n) is 2.90. The van der Waals surface area contributed by atoms with Crippen LogP contribution < -0.4 is 16.4 Å². The number of anilines is 3. The largest absolute Gasteiger partial charge is 0.397 e. The summed E-state index contributed by atoms with van der Waals surface area (Å²) in [4.78, 5) is 1.79. The van der Waals surface area contributed by atoms with Gasteiger partial charge in [0, 0.05) is 33.9 Å². The molecule has 0 unspecified atom stereocenters. The Morgan fingerprint density at radius 1 is 1.15 bits per heavy atom. The third-order valence-corrected chi connectivity index (χ3v) is 3.28. The van der Waals surface area contributed by atoms with E-state index in [1.807, 2.05) is 0 Å². The Morgan fingerprint density at radius 2 is 1.80 bits per heavy atom. The number of nitrogens with zero attached hydrogens (tertiary/aromatic N) is 1. The number of hydrogen-bond acceptors (Lipinski definition) is 5. The van der Waals surface area contributed by atoms with Gasteiger partial charge in [-0.05, 0) is 12.5 Å². The third kappa shape index (κ3) is 4.13. The number of ether oxygens (including phenoxy) is 2.